The molecule has 2 N–H and O–H groups in total. The number of carboxylic acid groups (broad SMARTS) is 1. The van der Waals surface area contributed by atoms with Gasteiger partial charge in [-0.1, -0.05) is 0 Å². The van der Waals surface area contributed by atoms with Crippen molar-refractivity contribution in [3.8, 4) is 0 Å². The van der Waals surface area contributed by atoms with E-state index in [2.05, 4.69) is 26.3 Å². The number of hydrogen-bond acceptors (Lipinski definition) is 7. The summed E-state index contributed by atoms with van der Waals surface area (Å²) < 4.78 is 44.0. The monoisotopic (exact) mass is 526 g/mol. The number of amides is 2. The summed E-state index contributed by atoms with van der Waals surface area (Å²) in [6.07, 6.45) is -4.76. The molecule has 3 rings (SSSR count). The van der Waals surface area contributed by atoms with E-state index in [-0.39, 0.29) is 23.6 Å². The lowest BCUT2D eigenvalue weighted by Crippen LogP contribution is -2.70. The first-order valence-electron chi connectivity index (χ1n) is 8.48. The van der Waals surface area contributed by atoms with E-state index in [4.69, 9.17) is 4.74 Å². The summed E-state index contributed by atoms with van der Waals surface area (Å²) >= 11 is 3.85. The number of aromatic nitrogens is 2. The molecule has 31 heavy (non-hydrogen) atoms. The minimum absolute atomic E-state index is 0.112. The van der Waals surface area contributed by atoms with Crippen molar-refractivity contribution in [3.05, 3.63) is 27.1 Å². The van der Waals surface area contributed by atoms with Crippen LogP contribution in [-0.4, -0.2) is 67.3 Å². The molecule has 2 amide bonds. The van der Waals surface area contributed by atoms with Crippen LogP contribution in [0, 0.1) is 0 Å². The maximum Gasteiger partial charge on any atom is 0.434 e. The number of nitrogens with zero attached hydrogens (tertiary/aromatic N) is 3. The number of nitrogens with one attached hydrogen (secondary N) is 1. The highest BCUT2D eigenvalue weighted by atomic mass is 79.9. The van der Waals surface area contributed by atoms with Gasteiger partial charge < -0.3 is 15.2 Å². The van der Waals surface area contributed by atoms with Gasteiger partial charge in [-0.05, 0) is 15.9 Å². The van der Waals surface area contributed by atoms with E-state index in [0.717, 1.165) is 30.6 Å². The van der Waals surface area contributed by atoms with Crippen molar-refractivity contribution in [2.24, 2.45) is 7.05 Å². The zero-order chi connectivity index (χ0) is 23.2. The van der Waals surface area contributed by atoms with E-state index < -0.39 is 57.2 Å². The number of carboxylic acids is 1. The first-order chi connectivity index (χ1) is 14.3. The highest BCUT2D eigenvalue weighted by Crippen LogP contribution is 2.41. The fourth-order valence-corrected chi connectivity index (χ4v) is 5.21. The van der Waals surface area contributed by atoms with Gasteiger partial charge in [-0.15, -0.1) is 11.8 Å². The van der Waals surface area contributed by atoms with Crippen molar-refractivity contribution in [1.29, 1.82) is 0 Å². The van der Waals surface area contributed by atoms with Crippen molar-refractivity contribution < 1.29 is 42.2 Å². The molecule has 168 valence electrons. The fraction of sp³-hybridized carbons (Fsp3) is 0.438. The van der Waals surface area contributed by atoms with Gasteiger partial charge in [0.1, 0.15) is 23.7 Å². The highest BCUT2D eigenvalue weighted by molar-refractivity contribution is 9.10. The first kappa shape index (κ1) is 23.1. The van der Waals surface area contributed by atoms with E-state index in [9.17, 15) is 37.5 Å². The number of halogens is 4. The number of aliphatic carboxylic acids is 1. The van der Waals surface area contributed by atoms with Crippen LogP contribution in [-0.2, 0) is 32.3 Å². The predicted molar refractivity (Wildman–Crippen MR) is 102 cm³/mol. The molecule has 10 nitrogen and oxygen atoms in total. The third-order valence-electron chi connectivity index (χ3n) is 4.46. The normalized spacial score (nSPS) is 20.8. The van der Waals surface area contributed by atoms with E-state index in [1.165, 1.54) is 0 Å². The molecule has 1 aromatic rings. The van der Waals surface area contributed by atoms with Gasteiger partial charge in [-0.25, -0.2) is 4.79 Å². The van der Waals surface area contributed by atoms with Crippen LogP contribution in [0.4, 0.5) is 13.2 Å². The minimum Gasteiger partial charge on any atom is -0.477 e. The number of carbonyl (C=O) groups excluding carboxylic acids is 3. The number of esters is 1. The van der Waals surface area contributed by atoms with Crippen molar-refractivity contribution in [1.82, 2.24) is 20.0 Å². The number of thioether (sulfide) groups is 1. The van der Waals surface area contributed by atoms with Gasteiger partial charge in [0.15, 0.2) is 11.4 Å². The Balaban J connectivity index is 1.80. The number of hydrogen-bond donors (Lipinski definition) is 2. The van der Waals surface area contributed by atoms with Crippen LogP contribution in [0.5, 0.6) is 0 Å². The molecule has 2 atom stereocenters. The average Bonchev–Trinajstić information content (AvgIpc) is 2.97. The molecular formula is C16H14BrF3N4O6S. The van der Waals surface area contributed by atoms with Gasteiger partial charge in [0.2, 0.25) is 0 Å². The van der Waals surface area contributed by atoms with E-state index >= 15 is 0 Å². The summed E-state index contributed by atoms with van der Waals surface area (Å²) in [5.41, 5.74) is -1.87. The van der Waals surface area contributed by atoms with Crippen molar-refractivity contribution in [2.45, 2.75) is 24.5 Å². The molecule has 0 radical (unpaired) electrons. The van der Waals surface area contributed by atoms with Crippen molar-refractivity contribution >= 4 is 51.4 Å². The fourth-order valence-electron chi connectivity index (χ4n) is 3.14. The Kier molecular flexibility index (Phi) is 6.10. The summed E-state index contributed by atoms with van der Waals surface area (Å²) in [4.78, 5) is 48.7. The van der Waals surface area contributed by atoms with Crippen LogP contribution in [0.15, 0.2) is 15.7 Å². The average molecular weight is 527 g/mol. The third-order valence-corrected chi connectivity index (χ3v) is 6.55. The molecule has 0 aromatic carbocycles. The first-order valence-corrected chi connectivity index (χ1v) is 10.3. The van der Waals surface area contributed by atoms with Crippen LogP contribution in [0.2, 0.25) is 0 Å². The summed E-state index contributed by atoms with van der Waals surface area (Å²) in [7, 11) is 1.02. The van der Waals surface area contributed by atoms with Gasteiger partial charge in [0.25, 0.3) is 11.8 Å². The summed E-state index contributed by atoms with van der Waals surface area (Å²) in [5.74, 6) is -3.70. The van der Waals surface area contributed by atoms with E-state index in [1.807, 2.05) is 0 Å². The second-order valence-corrected chi connectivity index (χ2v) is 8.43. The second kappa shape index (κ2) is 8.18. The Morgan fingerprint density at radius 2 is 2.03 bits per heavy atom. The van der Waals surface area contributed by atoms with Gasteiger partial charge in [-0.3, -0.25) is 24.0 Å². The van der Waals surface area contributed by atoms with Crippen LogP contribution >= 0.6 is 27.7 Å². The molecule has 1 saturated heterocycles. The molecule has 0 saturated carbocycles. The zero-order valence-corrected chi connectivity index (χ0v) is 18.2. The predicted octanol–water partition coefficient (Wildman–Crippen LogP) is 1.12. The SMILES string of the molecule is CC(=O)OCC1=C(C(=O)O)N2C(=O)[C@H](NC(=O)c3nn(C)c(C(F)(F)F)c3Br)[C@@H]2SC1. The summed E-state index contributed by atoms with van der Waals surface area (Å²) in [6, 6.07) is -1.16. The topological polar surface area (TPSA) is 131 Å². The number of fused-ring (bicyclic) bond motifs is 1. The van der Waals surface area contributed by atoms with Gasteiger partial charge >= 0.3 is 18.1 Å². The highest BCUT2D eigenvalue weighted by Gasteiger charge is 2.54. The number of alkyl halides is 3. The second-order valence-electron chi connectivity index (χ2n) is 6.53. The van der Waals surface area contributed by atoms with Gasteiger partial charge in [0.05, 0.1) is 4.47 Å². The molecular weight excluding hydrogens is 513 g/mol. The maximum atomic E-state index is 13.1. The molecule has 15 heteroatoms. The number of rotatable bonds is 5. The molecule has 1 fully saturated rings. The molecule has 3 heterocycles. The smallest absolute Gasteiger partial charge is 0.434 e. The maximum absolute atomic E-state index is 13.1. The minimum atomic E-state index is -4.76. The van der Waals surface area contributed by atoms with Crippen molar-refractivity contribution in [3.63, 3.8) is 0 Å². The lowest BCUT2D eigenvalue weighted by atomic mass is 10.0. The zero-order valence-electron chi connectivity index (χ0n) is 15.8. The lowest BCUT2D eigenvalue weighted by Gasteiger charge is -2.49. The molecule has 2 aliphatic rings. The molecule has 0 unspecified atom stereocenters. The Hall–Kier alpha value is -2.55. The van der Waals surface area contributed by atoms with Crippen LogP contribution in [0.25, 0.3) is 0 Å². The number of aryl methyl sites for hydroxylation is 1. The van der Waals surface area contributed by atoms with Gasteiger partial charge in [-0.2, -0.15) is 18.3 Å². The Morgan fingerprint density at radius 1 is 1.39 bits per heavy atom. The number of ether oxygens (including phenoxy) is 1. The van der Waals surface area contributed by atoms with Crippen LogP contribution in [0.3, 0.4) is 0 Å². The van der Waals surface area contributed by atoms with Crippen LogP contribution in [0.1, 0.15) is 23.1 Å². The van der Waals surface area contributed by atoms with Crippen molar-refractivity contribution in [2.75, 3.05) is 12.4 Å². The number of β-lactam (4-membered cyclic amide) rings is 1. The molecule has 0 bridgehead atoms. The molecule has 0 aliphatic carbocycles. The lowest BCUT2D eigenvalue weighted by molar-refractivity contribution is -0.149. The summed E-state index contributed by atoms with van der Waals surface area (Å²) in [5, 5.41) is 14.6. The largest absolute Gasteiger partial charge is 0.477 e. The standard InChI is InChI=1S/C16H14BrF3N4O6S/c1-5(25)30-3-6-4-31-14-9(13(27)24(14)10(6)15(28)29)21-12(26)8-7(17)11(16(18,19)20)23(2)22-8/h9,14H,3-4H2,1-2H3,(H,21,26)(H,28,29)/t9-,14-/m0/s1. The molecule has 2 aliphatic heterocycles. The Labute approximate surface area is 184 Å². The Bertz CT molecular complexity index is 1020. The summed E-state index contributed by atoms with van der Waals surface area (Å²) in [6.45, 7) is 0.846. The van der Waals surface area contributed by atoms with Gasteiger partial charge in [0, 0.05) is 25.3 Å². The third kappa shape index (κ3) is 4.15. The Morgan fingerprint density at radius 3 is 2.55 bits per heavy atom. The molecule has 0 spiro atoms. The van der Waals surface area contributed by atoms with E-state index in [1.54, 1.807) is 0 Å². The number of carbonyl (C=O) groups is 4. The van der Waals surface area contributed by atoms with Crippen LogP contribution < -0.4 is 5.32 Å². The van der Waals surface area contributed by atoms with E-state index in [0.29, 0.717) is 4.68 Å². The molecule has 1 aromatic heterocycles. The quantitative estimate of drug-likeness (QED) is 0.431.